The predicted molar refractivity (Wildman–Crippen MR) is 110 cm³/mol. The van der Waals surface area contributed by atoms with Crippen LogP contribution < -0.4 is 0 Å². The monoisotopic (exact) mass is 433 g/mol. The summed E-state index contributed by atoms with van der Waals surface area (Å²) in [6.45, 7) is 10.7. The van der Waals surface area contributed by atoms with E-state index < -0.39 is 4.83 Å². The van der Waals surface area contributed by atoms with E-state index in [1.165, 1.54) is 0 Å². The molecule has 1 aliphatic carbocycles. The Morgan fingerprint density at radius 3 is 2.56 bits per heavy atom. The van der Waals surface area contributed by atoms with Crippen LogP contribution in [0.25, 0.3) is 11.4 Å². The van der Waals surface area contributed by atoms with Gasteiger partial charge in [0.25, 0.3) is 0 Å². The Balaban J connectivity index is 1.73. The van der Waals surface area contributed by atoms with Crippen molar-refractivity contribution in [1.82, 2.24) is 15.2 Å². The van der Waals surface area contributed by atoms with Gasteiger partial charge in [-0.05, 0) is 56.1 Å². The molecule has 0 spiro atoms. The van der Waals surface area contributed by atoms with Gasteiger partial charge in [0.1, 0.15) is 11.9 Å². The quantitative estimate of drug-likeness (QED) is 0.535. The fourth-order valence-electron chi connectivity index (χ4n) is 4.22. The summed E-state index contributed by atoms with van der Waals surface area (Å²) in [5.41, 5.74) is 3.21. The molecule has 6 heteroatoms. The summed E-state index contributed by atoms with van der Waals surface area (Å²) in [6.07, 6.45) is 2.14. The SMILES string of the molecule is Cc1ccc(C)c(-c2n[nH]c(C(Br)C(=O)OC3C(C)CC(C)CC3C)n2)c1. The minimum Gasteiger partial charge on any atom is -0.461 e. The number of ether oxygens (including phenoxy) is 1. The van der Waals surface area contributed by atoms with Gasteiger partial charge >= 0.3 is 5.97 Å². The maximum atomic E-state index is 12.7. The fraction of sp³-hybridized carbons (Fsp3) is 0.571. The van der Waals surface area contributed by atoms with Crippen LogP contribution in [0.5, 0.6) is 0 Å². The summed E-state index contributed by atoms with van der Waals surface area (Å²) in [6, 6.07) is 6.16. The topological polar surface area (TPSA) is 67.9 Å². The van der Waals surface area contributed by atoms with Crippen molar-refractivity contribution >= 4 is 21.9 Å². The van der Waals surface area contributed by atoms with Crippen molar-refractivity contribution in [1.29, 1.82) is 0 Å². The molecule has 1 N–H and O–H groups in total. The van der Waals surface area contributed by atoms with Crippen LogP contribution in [0.1, 0.15) is 55.4 Å². The number of esters is 1. The van der Waals surface area contributed by atoms with E-state index in [0.717, 1.165) is 29.5 Å². The number of aromatic nitrogens is 3. The molecule has 2 aromatic rings. The Morgan fingerprint density at radius 1 is 1.22 bits per heavy atom. The molecule has 3 atom stereocenters. The van der Waals surface area contributed by atoms with Crippen LogP contribution >= 0.6 is 15.9 Å². The average molecular weight is 434 g/mol. The van der Waals surface area contributed by atoms with E-state index >= 15 is 0 Å². The van der Waals surface area contributed by atoms with Crippen LogP contribution in [0.2, 0.25) is 0 Å². The van der Waals surface area contributed by atoms with E-state index in [1.54, 1.807) is 0 Å². The number of carbonyl (C=O) groups is 1. The van der Waals surface area contributed by atoms with Crippen LogP contribution in [0.3, 0.4) is 0 Å². The molecular weight excluding hydrogens is 406 g/mol. The molecule has 146 valence electrons. The predicted octanol–water partition coefficient (Wildman–Crippen LogP) is 5.14. The zero-order valence-corrected chi connectivity index (χ0v) is 18.2. The number of benzene rings is 1. The molecule has 0 saturated heterocycles. The van der Waals surface area contributed by atoms with Gasteiger partial charge in [-0.3, -0.25) is 9.89 Å². The van der Waals surface area contributed by atoms with Crippen LogP contribution in [-0.4, -0.2) is 27.3 Å². The summed E-state index contributed by atoms with van der Waals surface area (Å²) in [5, 5.41) is 7.19. The largest absolute Gasteiger partial charge is 0.461 e. The molecule has 1 aromatic carbocycles. The molecular formula is C21H28BrN3O2. The number of hydrogen-bond donors (Lipinski definition) is 1. The molecule has 0 radical (unpaired) electrons. The van der Waals surface area contributed by atoms with E-state index in [2.05, 4.69) is 64.0 Å². The number of aromatic amines is 1. The van der Waals surface area contributed by atoms with Gasteiger partial charge < -0.3 is 4.74 Å². The number of aryl methyl sites for hydroxylation is 2. The lowest BCUT2D eigenvalue weighted by molar-refractivity contribution is -0.157. The Bertz CT molecular complexity index is 808. The van der Waals surface area contributed by atoms with E-state index in [4.69, 9.17) is 4.74 Å². The zero-order chi connectivity index (χ0) is 19.7. The third kappa shape index (κ3) is 4.42. The van der Waals surface area contributed by atoms with Crippen molar-refractivity contribution in [3.63, 3.8) is 0 Å². The number of carbonyl (C=O) groups excluding carboxylic acids is 1. The second-order valence-corrected chi connectivity index (χ2v) is 9.07. The molecule has 3 rings (SSSR count). The number of nitrogens with zero attached hydrogens (tertiary/aromatic N) is 2. The molecule has 0 bridgehead atoms. The molecule has 1 heterocycles. The van der Waals surface area contributed by atoms with Crippen LogP contribution in [0.4, 0.5) is 0 Å². The molecule has 1 saturated carbocycles. The standard InChI is InChI=1S/C21H28BrN3O2/c1-11-6-7-13(3)16(10-11)19-23-20(25-24-19)17(22)21(26)27-18-14(4)8-12(2)9-15(18)5/h6-7,10,12,14-15,17-18H,8-9H2,1-5H3,(H,23,24,25). The van der Waals surface area contributed by atoms with Gasteiger partial charge in [-0.1, -0.05) is 54.4 Å². The summed E-state index contributed by atoms with van der Waals surface area (Å²) in [7, 11) is 0. The van der Waals surface area contributed by atoms with Gasteiger partial charge in [0, 0.05) is 5.56 Å². The first-order valence-electron chi connectivity index (χ1n) is 9.60. The Kier molecular flexibility index (Phi) is 6.04. The average Bonchev–Trinajstić information content (AvgIpc) is 3.09. The van der Waals surface area contributed by atoms with Crippen molar-refractivity contribution in [3.05, 3.63) is 35.2 Å². The Hall–Kier alpha value is -1.69. The van der Waals surface area contributed by atoms with Crippen LogP contribution in [-0.2, 0) is 9.53 Å². The number of alkyl halides is 1. The summed E-state index contributed by atoms with van der Waals surface area (Å²) >= 11 is 3.44. The van der Waals surface area contributed by atoms with E-state index in [1.807, 2.05) is 19.9 Å². The van der Waals surface area contributed by atoms with Crippen molar-refractivity contribution in [2.75, 3.05) is 0 Å². The lowest BCUT2D eigenvalue weighted by atomic mass is 9.75. The highest BCUT2D eigenvalue weighted by molar-refractivity contribution is 9.09. The van der Waals surface area contributed by atoms with E-state index in [9.17, 15) is 4.79 Å². The summed E-state index contributed by atoms with van der Waals surface area (Å²) in [5.74, 6) is 2.17. The van der Waals surface area contributed by atoms with Gasteiger partial charge in [0.05, 0.1) is 0 Å². The number of H-pyrrole nitrogens is 1. The first-order chi connectivity index (χ1) is 12.8. The number of rotatable bonds is 4. The second kappa shape index (κ2) is 8.13. The van der Waals surface area contributed by atoms with Crippen molar-refractivity contribution in [2.45, 2.75) is 58.4 Å². The molecule has 27 heavy (non-hydrogen) atoms. The fourth-order valence-corrected chi connectivity index (χ4v) is 4.53. The van der Waals surface area contributed by atoms with Crippen molar-refractivity contribution in [3.8, 4) is 11.4 Å². The lowest BCUT2D eigenvalue weighted by Gasteiger charge is -2.37. The second-order valence-electron chi connectivity index (χ2n) is 8.16. The molecule has 1 fully saturated rings. The number of hydrogen-bond acceptors (Lipinski definition) is 4. The van der Waals surface area contributed by atoms with Gasteiger partial charge in [0.2, 0.25) is 0 Å². The maximum absolute atomic E-state index is 12.7. The number of nitrogens with one attached hydrogen (secondary N) is 1. The van der Waals surface area contributed by atoms with Crippen LogP contribution in [0.15, 0.2) is 18.2 Å². The molecule has 3 unspecified atom stereocenters. The Morgan fingerprint density at radius 2 is 1.89 bits per heavy atom. The minimum atomic E-state index is -0.650. The first kappa shape index (κ1) is 20.1. The molecule has 1 aliphatic rings. The molecule has 0 amide bonds. The molecule has 5 nitrogen and oxygen atoms in total. The van der Waals surface area contributed by atoms with Crippen LogP contribution in [0, 0.1) is 31.6 Å². The van der Waals surface area contributed by atoms with Crippen molar-refractivity contribution in [2.24, 2.45) is 17.8 Å². The summed E-state index contributed by atoms with van der Waals surface area (Å²) < 4.78 is 5.86. The first-order valence-corrected chi connectivity index (χ1v) is 10.5. The minimum absolute atomic E-state index is 0.0461. The highest BCUT2D eigenvalue weighted by Gasteiger charge is 2.36. The van der Waals surface area contributed by atoms with Gasteiger partial charge in [0.15, 0.2) is 10.7 Å². The van der Waals surface area contributed by atoms with Gasteiger partial charge in [-0.25, -0.2) is 4.98 Å². The number of halogens is 1. The smallest absolute Gasteiger partial charge is 0.327 e. The normalized spacial score (nSPS) is 26.6. The van der Waals surface area contributed by atoms with Gasteiger partial charge in [-0.2, -0.15) is 5.10 Å². The summed E-state index contributed by atoms with van der Waals surface area (Å²) in [4.78, 5) is 16.6. The lowest BCUT2D eigenvalue weighted by Crippen LogP contribution is -2.38. The third-order valence-electron chi connectivity index (χ3n) is 5.51. The van der Waals surface area contributed by atoms with Crippen molar-refractivity contribution < 1.29 is 9.53 Å². The third-order valence-corrected chi connectivity index (χ3v) is 6.31. The van der Waals surface area contributed by atoms with Gasteiger partial charge in [-0.15, -0.1) is 0 Å². The highest BCUT2D eigenvalue weighted by atomic mass is 79.9. The van der Waals surface area contributed by atoms with E-state index in [-0.39, 0.29) is 12.1 Å². The zero-order valence-electron chi connectivity index (χ0n) is 16.6. The Labute approximate surface area is 169 Å². The highest BCUT2D eigenvalue weighted by Crippen LogP contribution is 2.36. The molecule has 1 aromatic heterocycles. The molecule has 0 aliphatic heterocycles. The van der Waals surface area contributed by atoms with E-state index in [0.29, 0.717) is 29.4 Å². The maximum Gasteiger partial charge on any atom is 0.327 e.